The van der Waals surface area contributed by atoms with Crippen molar-refractivity contribution in [3.05, 3.63) is 46.4 Å². The molecule has 5 heteroatoms. The van der Waals surface area contributed by atoms with Gasteiger partial charge in [-0.3, -0.25) is 9.78 Å². The van der Waals surface area contributed by atoms with Crippen molar-refractivity contribution in [3.8, 4) is 11.4 Å². The first-order valence-corrected chi connectivity index (χ1v) is 5.48. The molecular weight excluding hydrogens is 216 g/mol. The van der Waals surface area contributed by atoms with Crippen LogP contribution in [0.3, 0.4) is 0 Å². The fraction of sp³-hybridized carbons (Fsp3) is 0.250. The molecule has 2 N–H and O–H groups in total. The summed E-state index contributed by atoms with van der Waals surface area (Å²) in [7, 11) is 0. The van der Waals surface area contributed by atoms with Gasteiger partial charge >= 0.3 is 0 Å². The van der Waals surface area contributed by atoms with E-state index in [-0.39, 0.29) is 12.1 Å². The van der Waals surface area contributed by atoms with Crippen molar-refractivity contribution in [1.82, 2.24) is 14.8 Å². The average molecular weight is 230 g/mol. The van der Waals surface area contributed by atoms with Gasteiger partial charge in [0.05, 0.1) is 5.69 Å². The van der Waals surface area contributed by atoms with E-state index in [0.29, 0.717) is 17.8 Å². The van der Waals surface area contributed by atoms with Crippen molar-refractivity contribution in [2.75, 3.05) is 0 Å². The van der Waals surface area contributed by atoms with Gasteiger partial charge in [-0.2, -0.15) is 5.10 Å². The van der Waals surface area contributed by atoms with Crippen molar-refractivity contribution in [2.45, 2.75) is 20.0 Å². The van der Waals surface area contributed by atoms with Crippen molar-refractivity contribution < 1.29 is 0 Å². The molecule has 0 amide bonds. The predicted octanol–water partition coefficient (Wildman–Crippen LogP) is 0.784. The molecule has 0 unspecified atom stereocenters. The van der Waals surface area contributed by atoms with Crippen molar-refractivity contribution in [2.24, 2.45) is 5.73 Å². The van der Waals surface area contributed by atoms with Crippen molar-refractivity contribution >= 4 is 0 Å². The lowest BCUT2D eigenvalue weighted by Crippen LogP contribution is -2.27. The molecule has 2 rings (SSSR count). The zero-order valence-corrected chi connectivity index (χ0v) is 9.63. The fourth-order valence-corrected chi connectivity index (χ4v) is 1.60. The molecule has 2 aromatic rings. The SMILES string of the molecule is CCn1nc(-c2ccccn2)cc(CN)c1=O. The lowest BCUT2D eigenvalue weighted by atomic mass is 10.2. The normalized spacial score (nSPS) is 10.5. The third-order valence-electron chi connectivity index (χ3n) is 2.50. The third kappa shape index (κ3) is 2.24. The Balaban J connectivity index is 2.60. The molecule has 0 saturated heterocycles. The van der Waals surface area contributed by atoms with E-state index in [0.717, 1.165) is 5.69 Å². The average Bonchev–Trinajstić information content (AvgIpc) is 2.40. The van der Waals surface area contributed by atoms with Crippen LogP contribution >= 0.6 is 0 Å². The Morgan fingerprint density at radius 2 is 2.18 bits per heavy atom. The first kappa shape index (κ1) is 11.5. The minimum atomic E-state index is -0.130. The Hall–Kier alpha value is -2.01. The Labute approximate surface area is 98.9 Å². The molecule has 0 spiro atoms. The first-order valence-electron chi connectivity index (χ1n) is 5.48. The molecule has 0 aliphatic carbocycles. The summed E-state index contributed by atoms with van der Waals surface area (Å²) >= 11 is 0. The lowest BCUT2D eigenvalue weighted by Gasteiger charge is -2.07. The highest BCUT2D eigenvalue weighted by molar-refractivity contribution is 5.53. The summed E-state index contributed by atoms with van der Waals surface area (Å²) in [5, 5.41) is 4.26. The maximum absolute atomic E-state index is 11.8. The largest absolute Gasteiger partial charge is 0.326 e. The van der Waals surface area contributed by atoms with Gasteiger partial charge in [0.1, 0.15) is 5.69 Å². The van der Waals surface area contributed by atoms with E-state index in [2.05, 4.69) is 10.1 Å². The molecule has 0 aliphatic heterocycles. The van der Waals surface area contributed by atoms with Crippen LogP contribution in [0.15, 0.2) is 35.3 Å². The smallest absolute Gasteiger partial charge is 0.271 e. The Morgan fingerprint density at radius 1 is 1.35 bits per heavy atom. The molecule has 0 bridgehead atoms. The zero-order chi connectivity index (χ0) is 12.3. The molecule has 0 saturated carbocycles. The molecule has 0 fully saturated rings. The van der Waals surface area contributed by atoms with Gasteiger partial charge in [-0.25, -0.2) is 4.68 Å². The quantitative estimate of drug-likeness (QED) is 0.845. The number of hydrogen-bond donors (Lipinski definition) is 1. The molecule has 0 aromatic carbocycles. The minimum Gasteiger partial charge on any atom is -0.326 e. The van der Waals surface area contributed by atoms with Gasteiger partial charge < -0.3 is 5.73 Å². The Kier molecular flexibility index (Phi) is 3.30. The highest BCUT2D eigenvalue weighted by atomic mass is 16.1. The van der Waals surface area contributed by atoms with Gasteiger partial charge in [0.2, 0.25) is 0 Å². The van der Waals surface area contributed by atoms with Gasteiger partial charge in [0.25, 0.3) is 5.56 Å². The molecule has 2 heterocycles. The van der Waals surface area contributed by atoms with Crippen LogP contribution in [0.4, 0.5) is 0 Å². The molecule has 5 nitrogen and oxygen atoms in total. The van der Waals surface area contributed by atoms with E-state index >= 15 is 0 Å². The predicted molar refractivity (Wildman–Crippen MR) is 65.3 cm³/mol. The monoisotopic (exact) mass is 230 g/mol. The second-order valence-corrected chi connectivity index (χ2v) is 3.59. The maximum atomic E-state index is 11.8. The number of aryl methyl sites for hydroxylation is 1. The van der Waals surface area contributed by atoms with Crippen LogP contribution in [0.5, 0.6) is 0 Å². The Morgan fingerprint density at radius 3 is 2.76 bits per heavy atom. The van der Waals surface area contributed by atoms with Crippen LogP contribution in [0, 0.1) is 0 Å². The van der Waals surface area contributed by atoms with E-state index in [4.69, 9.17) is 5.73 Å². The van der Waals surface area contributed by atoms with Gasteiger partial charge in [0.15, 0.2) is 0 Å². The van der Waals surface area contributed by atoms with Gasteiger partial charge in [-0.1, -0.05) is 6.07 Å². The summed E-state index contributed by atoms with van der Waals surface area (Å²) < 4.78 is 1.41. The van der Waals surface area contributed by atoms with E-state index in [1.165, 1.54) is 4.68 Å². The molecule has 17 heavy (non-hydrogen) atoms. The topological polar surface area (TPSA) is 73.8 Å². The second kappa shape index (κ2) is 4.88. The lowest BCUT2D eigenvalue weighted by molar-refractivity contribution is 0.610. The van der Waals surface area contributed by atoms with E-state index in [1.54, 1.807) is 12.3 Å². The number of nitrogens with two attached hydrogens (primary N) is 1. The van der Waals surface area contributed by atoms with Gasteiger partial charge in [-0.05, 0) is 25.1 Å². The number of nitrogens with zero attached hydrogens (tertiary/aromatic N) is 3. The summed E-state index contributed by atoms with van der Waals surface area (Å²) in [6.45, 7) is 2.60. The molecule has 88 valence electrons. The highest BCUT2D eigenvalue weighted by Gasteiger charge is 2.08. The summed E-state index contributed by atoms with van der Waals surface area (Å²) in [5.74, 6) is 0. The number of hydrogen-bond acceptors (Lipinski definition) is 4. The van der Waals surface area contributed by atoms with Crippen LogP contribution in [0.25, 0.3) is 11.4 Å². The number of aromatic nitrogens is 3. The number of pyridine rings is 1. The van der Waals surface area contributed by atoms with Crippen LogP contribution in [0.1, 0.15) is 12.5 Å². The summed E-state index contributed by atoms with van der Waals surface area (Å²) in [6, 6.07) is 7.28. The summed E-state index contributed by atoms with van der Waals surface area (Å²) in [4.78, 5) is 16.0. The molecular formula is C12H14N4O. The molecule has 0 radical (unpaired) electrons. The fourth-order valence-electron chi connectivity index (χ4n) is 1.60. The molecule has 2 aromatic heterocycles. The molecule has 0 aliphatic rings. The first-order chi connectivity index (χ1) is 8.26. The highest BCUT2D eigenvalue weighted by Crippen LogP contribution is 2.12. The van der Waals surface area contributed by atoms with Crippen LogP contribution in [0.2, 0.25) is 0 Å². The van der Waals surface area contributed by atoms with Crippen molar-refractivity contribution in [1.29, 1.82) is 0 Å². The van der Waals surface area contributed by atoms with Crippen LogP contribution < -0.4 is 11.3 Å². The maximum Gasteiger partial charge on any atom is 0.271 e. The minimum absolute atomic E-state index is 0.130. The third-order valence-corrected chi connectivity index (χ3v) is 2.50. The van der Waals surface area contributed by atoms with Crippen LogP contribution in [-0.4, -0.2) is 14.8 Å². The van der Waals surface area contributed by atoms with E-state index in [1.807, 2.05) is 25.1 Å². The standard InChI is InChI=1S/C12H14N4O/c1-2-16-12(17)9(8-13)7-11(15-16)10-5-3-4-6-14-10/h3-7H,2,8,13H2,1H3. The van der Waals surface area contributed by atoms with Gasteiger partial charge in [-0.15, -0.1) is 0 Å². The summed E-state index contributed by atoms with van der Waals surface area (Å²) in [6.07, 6.45) is 1.69. The summed E-state index contributed by atoms with van der Waals surface area (Å²) in [5.41, 5.74) is 7.40. The van der Waals surface area contributed by atoms with Crippen molar-refractivity contribution in [3.63, 3.8) is 0 Å². The van der Waals surface area contributed by atoms with Gasteiger partial charge in [0, 0.05) is 24.8 Å². The second-order valence-electron chi connectivity index (χ2n) is 3.59. The van der Waals surface area contributed by atoms with Crippen LogP contribution in [-0.2, 0) is 13.1 Å². The number of rotatable bonds is 3. The molecule has 0 atom stereocenters. The zero-order valence-electron chi connectivity index (χ0n) is 9.63. The Bertz CT molecular complexity index is 534. The van der Waals surface area contributed by atoms with E-state index < -0.39 is 0 Å². The van der Waals surface area contributed by atoms with E-state index in [9.17, 15) is 4.79 Å².